The number of hydrogen-bond acceptors (Lipinski definition) is 1. The van der Waals surface area contributed by atoms with Gasteiger partial charge in [-0.1, -0.05) is 49.5 Å². The lowest BCUT2D eigenvalue weighted by molar-refractivity contribution is 0.162. The largest absolute Gasteiger partial charge is 0.382 e. The summed E-state index contributed by atoms with van der Waals surface area (Å²) in [6.07, 6.45) is 4.45. The van der Waals surface area contributed by atoms with E-state index in [1.54, 1.807) is 0 Å². The zero-order valence-electron chi connectivity index (χ0n) is 11.7. The summed E-state index contributed by atoms with van der Waals surface area (Å²) in [5.41, 5.74) is 3.24. The molecular weight excluding hydrogens is 260 g/mol. The Bertz CT molecular complexity index is 394. The lowest BCUT2D eigenvalue weighted by atomic mass is 10.1. The first kappa shape index (κ1) is 15.5. The molecule has 0 aromatic heterocycles. The normalized spacial score (nSPS) is 17.1. The third-order valence-corrected chi connectivity index (χ3v) is 5.63. The van der Waals surface area contributed by atoms with Crippen LogP contribution < -0.4 is 0 Å². The smallest absolute Gasteiger partial charge is 0.161 e. The maximum absolute atomic E-state index is 6.45. The number of ether oxygens (including phenoxy) is 1. The van der Waals surface area contributed by atoms with Gasteiger partial charge in [0, 0.05) is 18.8 Å². The maximum Gasteiger partial charge on any atom is 0.161 e. The minimum Gasteiger partial charge on any atom is -0.382 e. The zero-order valence-corrected chi connectivity index (χ0v) is 13.5. The molecule has 2 rings (SSSR count). The highest BCUT2D eigenvalue weighted by atomic mass is 35.6. The summed E-state index contributed by atoms with van der Waals surface area (Å²) >= 11 is 6.45. The monoisotopic (exact) mass is 282 g/mol. The number of benzene rings is 1. The molecule has 18 heavy (non-hydrogen) atoms. The Morgan fingerprint density at radius 2 is 1.78 bits per heavy atom. The molecule has 0 fully saturated rings. The van der Waals surface area contributed by atoms with E-state index in [1.165, 1.54) is 11.1 Å². The van der Waals surface area contributed by atoms with Crippen molar-refractivity contribution in [3.63, 3.8) is 0 Å². The van der Waals surface area contributed by atoms with Crippen molar-refractivity contribution in [2.75, 3.05) is 13.2 Å². The summed E-state index contributed by atoms with van der Waals surface area (Å²) in [4.78, 5) is 0. The summed E-state index contributed by atoms with van der Waals surface area (Å²) in [7, 11) is -1.59. The van der Waals surface area contributed by atoms with E-state index >= 15 is 0 Å². The van der Waals surface area contributed by atoms with Gasteiger partial charge in [0.15, 0.2) is 7.38 Å². The Hall–Kier alpha value is -0.573. The average Bonchev–Trinajstić information content (AvgIpc) is 2.74. The van der Waals surface area contributed by atoms with Gasteiger partial charge in [-0.25, -0.2) is 0 Å². The van der Waals surface area contributed by atoms with Gasteiger partial charge in [0.25, 0.3) is 0 Å². The quantitative estimate of drug-likeness (QED) is 0.570. The van der Waals surface area contributed by atoms with Crippen molar-refractivity contribution >= 4 is 24.5 Å². The van der Waals surface area contributed by atoms with Crippen LogP contribution in [-0.4, -0.2) is 20.6 Å². The predicted molar refractivity (Wildman–Crippen MR) is 83.7 cm³/mol. The van der Waals surface area contributed by atoms with Crippen molar-refractivity contribution < 1.29 is 4.74 Å². The van der Waals surface area contributed by atoms with Crippen LogP contribution in [0.5, 0.6) is 0 Å². The average molecular weight is 283 g/mol. The first-order chi connectivity index (χ1) is 8.50. The Kier molecular flexibility index (Phi) is 6.13. The van der Waals surface area contributed by atoms with E-state index in [0.29, 0.717) is 5.54 Å². The Balaban J connectivity index is 0.000000280. The minimum absolute atomic E-state index is 0.491. The highest BCUT2D eigenvalue weighted by molar-refractivity contribution is 7.20. The van der Waals surface area contributed by atoms with Crippen LogP contribution in [0, 0.1) is 0 Å². The van der Waals surface area contributed by atoms with E-state index in [1.807, 2.05) is 13.8 Å². The van der Waals surface area contributed by atoms with E-state index in [9.17, 15) is 0 Å². The second kappa shape index (κ2) is 7.12. The summed E-state index contributed by atoms with van der Waals surface area (Å²) < 4.78 is 4.83. The molecule has 1 atom stereocenters. The van der Waals surface area contributed by atoms with Crippen molar-refractivity contribution in [3.8, 4) is 0 Å². The molecule has 0 spiro atoms. The van der Waals surface area contributed by atoms with Gasteiger partial charge >= 0.3 is 0 Å². The van der Waals surface area contributed by atoms with E-state index in [4.69, 9.17) is 15.8 Å². The molecule has 0 amide bonds. The molecule has 0 saturated carbocycles. The topological polar surface area (TPSA) is 9.23 Å². The van der Waals surface area contributed by atoms with Crippen molar-refractivity contribution in [2.45, 2.75) is 32.5 Å². The van der Waals surface area contributed by atoms with Crippen molar-refractivity contribution in [1.82, 2.24) is 0 Å². The van der Waals surface area contributed by atoms with Crippen LogP contribution in [0.2, 0.25) is 13.1 Å². The fourth-order valence-corrected chi connectivity index (χ4v) is 4.18. The van der Waals surface area contributed by atoms with Crippen LogP contribution in [0.1, 0.15) is 30.5 Å². The highest BCUT2D eigenvalue weighted by Crippen LogP contribution is 2.38. The predicted octanol–water partition coefficient (Wildman–Crippen LogP) is 4.82. The standard InChI is InChI=1S/C11H13ClSi.C4H10O/c1-13(2,12)11-8-7-9-5-3-4-6-10(9)11;1-3-5-4-2/h3-8,11H,1-2H3;3-4H2,1-2H3. The molecule has 1 aromatic rings. The molecule has 0 saturated heterocycles. The fraction of sp³-hybridized carbons (Fsp3) is 0.467. The molecule has 1 aromatic carbocycles. The molecule has 0 N–H and O–H groups in total. The summed E-state index contributed by atoms with van der Waals surface area (Å²) in [6, 6.07) is 8.52. The van der Waals surface area contributed by atoms with Gasteiger partial charge in [-0.05, 0) is 25.0 Å². The third-order valence-electron chi connectivity index (χ3n) is 2.95. The lowest BCUT2D eigenvalue weighted by Gasteiger charge is -2.21. The Morgan fingerprint density at radius 3 is 2.28 bits per heavy atom. The zero-order chi connectivity index (χ0) is 13.6. The van der Waals surface area contributed by atoms with Crippen molar-refractivity contribution in [3.05, 3.63) is 41.5 Å². The SMILES string of the molecule is CCOCC.C[Si](C)(Cl)C1C=Cc2ccccc21. The summed E-state index contributed by atoms with van der Waals surface area (Å²) in [6.45, 7) is 10.1. The highest BCUT2D eigenvalue weighted by Gasteiger charge is 2.32. The van der Waals surface area contributed by atoms with Gasteiger partial charge in [0.05, 0.1) is 0 Å². The van der Waals surface area contributed by atoms with E-state index in [2.05, 4.69) is 49.5 Å². The number of hydrogen-bond donors (Lipinski definition) is 0. The van der Waals surface area contributed by atoms with Crippen LogP contribution >= 0.6 is 11.1 Å². The van der Waals surface area contributed by atoms with Crippen LogP contribution in [-0.2, 0) is 4.74 Å². The van der Waals surface area contributed by atoms with Gasteiger partial charge in [-0.2, -0.15) is 11.1 Å². The molecule has 0 radical (unpaired) electrons. The maximum atomic E-state index is 6.45. The van der Waals surface area contributed by atoms with Gasteiger partial charge < -0.3 is 4.74 Å². The Morgan fingerprint density at radius 1 is 1.17 bits per heavy atom. The molecule has 0 aliphatic heterocycles. The molecule has 100 valence electrons. The summed E-state index contributed by atoms with van der Waals surface area (Å²) in [5.74, 6) is 0. The molecule has 1 unspecified atom stereocenters. The molecule has 1 aliphatic carbocycles. The van der Waals surface area contributed by atoms with Gasteiger partial charge in [0.2, 0.25) is 0 Å². The minimum atomic E-state index is -1.59. The molecule has 0 heterocycles. The number of allylic oxidation sites excluding steroid dienone is 1. The number of fused-ring (bicyclic) bond motifs is 1. The third kappa shape index (κ3) is 4.27. The first-order valence-electron chi connectivity index (χ1n) is 6.54. The van der Waals surface area contributed by atoms with Crippen LogP contribution in [0.15, 0.2) is 30.3 Å². The molecule has 0 bridgehead atoms. The molecule has 1 nitrogen and oxygen atoms in total. The van der Waals surface area contributed by atoms with Gasteiger partial charge in [-0.3, -0.25) is 0 Å². The van der Waals surface area contributed by atoms with Gasteiger partial charge in [-0.15, -0.1) is 0 Å². The second-order valence-electron chi connectivity index (χ2n) is 4.81. The molecule has 3 heteroatoms. The van der Waals surface area contributed by atoms with E-state index in [-0.39, 0.29) is 0 Å². The summed E-state index contributed by atoms with van der Waals surface area (Å²) in [5, 5.41) is 0. The van der Waals surface area contributed by atoms with Crippen molar-refractivity contribution in [1.29, 1.82) is 0 Å². The lowest BCUT2D eigenvalue weighted by Crippen LogP contribution is -2.25. The second-order valence-corrected chi connectivity index (χ2v) is 11.5. The molecular formula is C15H23ClOSi. The van der Waals surface area contributed by atoms with Crippen LogP contribution in [0.4, 0.5) is 0 Å². The fourth-order valence-electron chi connectivity index (χ4n) is 2.05. The van der Waals surface area contributed by atoms with Gasteiger partial charge in [0.1, 0.15) is 0 Å². The first-order valence-corrected chi connectivity index (χ1v) is 10.6. The van der Waals surface area contributed by atoms with Crippen molar-refractivity contribution in [2.24, 2.45) is 0 Å². The van der Waals surface area contributed by atoms with E-state index < -0.39 is 7.38 Å². The number of rotatable bonds is 3. The van der Waals surface area contributed by atoms with E-state index in [0.717, 1.165) is 13.2 Å². The van der Waals surface area contributed by atoms with Crippen LogP contribution in [0.25, 0.3) is 6.08 Å². The van der Waals surface area contributed by atoms with Crippen LogP contribution in [0.3, 0.4) is 0 Å². The Labute approximate surface area is 117 Å². The molecule has 1 aliphatic rings. The number of halogens is 1.